The molecule has 1 aromatic carbocycles. The Morgan fingerprint density at radius 3 is 2.83 bits per heavy atom. The molecule has 3 N–H and O–H groups in total. The largest absolute Gasteiger partial charge is 0.453 e. The lowest BCUT2D eigenvalue weighted by Gasteiger charge is -2.20. The molecule has 0 aromatic heterocycles. The summed E-state index contributed by atoms with van der Waals surface area (Å²) < 4.78 is 9.85. The number of amides is 4. The Morgan fingerprint density at radius 2 is 2.17 bits per heavy atom. The summed E-state index contributed by atoms with van der Waals surface area (Å²) in [7, 11) is 1.25. The number of primary amides is 1. The Kier molecular flexibility index (Phi) is 3.63. The van der Waals surface area contributed by atoms with Crippen molar-refractivity contribution in [1.82, 2.24) is 4.90 Å². The number of methoxy groups -OCH3 is 1. The second kappa shape index (κ2) is 5.52. The number of benzene rings is 1. The van der Waals surface area contributed by atoms with Gasteiger partial charge in [0.05, 0.1) is 7.11 Å². The van der Waals surface area contributed by atoms with Crippen LogP contribution in [0.15, 0.2) is 18.2 Å². The van der Waals surface area contributed by atoms with Crippen LogP contribution in [0.4, 0.5) is 15.3 Å². The number of nitrogens with one attached hydrogen (secondary N) is 1. The van der Waals surface area contributed by atoms with Crippen molar-refractivity contribution < 1.29 is 28.7 Å². The molecule has 24 heavy (non-hydrogen) atoms. The van der Waals surface area contributed by atoms with E-state index in [0.29, 0.717) is 17.7 Å². The van der Waals surface area contributed by atoms with Crippen LogP contribution in [0.5, 0.6) is 0 Å². The summed E-state index contributed by atoms with van der Waals surface area (Å²) in [5.41, 5.74) is 5.46. The van der Waals surface area contributed by atoms with E-state index in [0.717, 1.165) is 10.5 Å². The highest BCUT2D eigenvalue weighted by Crippen LogP contribution is 2.45. The van der Waals surface area contributed by atoms with E-state index in [2.05, 4.69) is 10.1 Å². The van der Waals surface area contributed by atoms with Gasteiger partial charge in [0.15, 0.2) is 0 Å². The molecule has 1 aliphatic heterocycles. The van der Waals surface area contributed by atoms with Crippen LogP contribution in [0, 0.1) is 0 Å². The van der Waals surface area contributed by atoms with Crippen LogP contribution in [-0.4, -0.2) is 42.6 Å². The van der Waals surface area contributed by atoms with E-state index in [9.17, 15) is 19.2 Å². The maximum atomic E-state index is 12.6. The number of fused-ring (bicyclic) bond motifs is 2. The predicted molar refractivity (Wildman–Crippen MR) is 79.9 cm³/mol. The molecule has 2 aliphatic rings. The van der Waals surface area contributed by atoms with E-state index >= 15 is 0 Å². The number of carbonyl (C=O) groups is 4. The molecule has 0 bridgehead atoms. The average molecular weight is 333 g/mol. The molecule has 9 nitrogen and oxygen atoms in total. The lowest BCUT2D eigenvalue weighted by molar-refractivity contribution is -0.139. The van der Waals surface area contributed by atoms with Crippen molar-refractivity contribution >= 4 is 29.7 Å². The van der Waals surface area contributed by atoms with Crippen LogP contribution in [0.2, 0.25) is 0 Å². The van der Waals surface area contributed by atoms with E-state index in [1.165, 1.54) is 7.11 Å². The Bertz CT molecular complexity index is 762. The first-order valence-corrected chi connectivity index (χ1v) is 7.19. The SMILES string of the molecule is COC(=O)Nc1ccc2c(c1)CC[C@@]21OC(=O)N(CC(N)=O)C1=O. The summed E-state index contributed by atoms with van der Waals surface area (Å²) >= 11 is 0. The summed E-state index contributed by atoms with van der Waals surface area (Å²) in [5.74, 6) is -1.40. The van der Waals surface area contributed by atoms with Gasteiger partial charge in [-0.2, -0.15) is 0 Å². The van der Waals surface area contributed by atoms with Gasteiger partial charge in [-0.05, 0) is 24.1 Å². The minimum absolute atomic E-state index is 0.268. The minimum atomic E-state index is -1.42. The third-order valence-electron chi connectivity index (χ3n) is 4.11. The summed E-state index contributed by atoms with van der Waals surface area (Å²) in [6.45, 7) is -0.517. The van der Waals surface area contributed by atoms with Gasteiger partial charge in [-0.3, -0.25) is 14.9 Å². The third kappa shape index (κ3) is 2.34. The van der Waals surface area contributed by atoms with E-state index in [-0.39, 0.29) is 6.42 Å². The van der Waals surface area contributed by atoms with Crippen LogP contribution < -0.4 is 11.1 Å². The minimum Gasteiger partial charge on any atom is -0.453 e. The zero-order chi connectivity index (χ0) is 17.5. The molecule has 1 aromatic rings. The standard InChI is InChI=1S/C15H15N3O6/c1-23-13(21)17-9-2-3-10-8(6-9)4-5-15(10)12(20)18(7-11(16)19)14(22)24-15/h2-3,6H,4-5,7H2,1H3,(H2,16,19)(H,17,21)/t15-/m1/s1. The fourth-order valence-corrected chi connectivity index (χ4v) is 3.06. The second-order valence-corrected chi connectivity index (χ2v) is 5.54. The van der Waals surface area contributed by atoms with E-state index in [4.69, 9.17) is 10.5 Å². The highest BCUT2D eigenvalue weighted by molar-refractivity contribution is 6.06. The van der Waals surface area contributed by atoms with E-state index < -0.39 is 36.1 Å². The topological polar surface area (TPSA) is 128 Å². The average Bonchev–Trinajstić information content (AvgIpc) is 3.00. The van der Waals surface area contributed by atoms with Gasteiger partial charge in [-0.15, -0.1) is 0 Å². The molecular weight excluding hydrogens is 318 g/mol. The number of nitrogens with zero attached hydrogens (tertiary/aromatic N) is 1. The number of ether oxygens (including phenoxy) is 2. The normalized spacial score (nSPS) is 21.6. The Balaban J connectivity index is 1.92. The molecule has 1 heterocycles. The Labute approximate surface area is 136 Å². The molecule has 0 unspecified atom stereocenters. The fourth-order valence-electron chi connectivity index (χ4n) is 3.06. The lowest BCUT2D eigenvalue weighted by atomic mass is 9.94. The first kappa shape index (κ1) is 15.8. The monoisotopic (exact) mass is 333 g/mol. The molecule has 1 fully saturated rings. The molecule has 126 valence electrons. The summed E-state index contributed by atoms with van der Waals surface area (Å²) in [6.07, 6.45) is -0.749. The van der Waals surface area contributed by atoms with Crippen molar-refractivity contribution in [2.75, 3.05) is 19.0 Å². The van der Waals surface area contributed by atoms with Crippen LogP contribution in [0.25, 0.3) is 0 Å². The van der Waals surface area contributed by atoms with Gasteiger partial charge in [0, 0.05) is 17.7 Å². The molecule has 1 aliphatic carbocycles. The van der Waals surface area contributed by atoms with Crippen molar-refractivity contribution in [2.24, 2.45) is 5.73 Å². The molecular formula is C15H15N3O6. The van der Waals surface area contributed by atoms with E-state index in [1.807, 2.05) is 0 Å². The molecule has 3 rings (SSSR count). The maximum Gasteiger partial charge on any atom is 0.418 e. The first-order chi connectivity index (χ1) is 11.4. The number of carbonyl (C=O) groups excluding carboxylic acids is 4. The van der Waals surface area contributed by atoms with Gasteiger partial charge < -0.3 is 15.2 Å². The van der Waals surface area contributed by atoms with Gasteiger partial charge in [-0.1, -0.05) is 6.07 Å². The van der Waals surface area contributed by atoms with Gasteiger partial charge in [0.1, 0.15) is 6.54 Å². The van der Waals surface area contributed by atoms with Gasteiger partial charge in [-0.25, -0.2) is 14.5 Å². The van der Waals surface area contributed by atoms with Crippen molar-refractivity contribution in [1.29, 1.82) is 0 Å². The number of nitrogens with two attached hydrogens (primary N) is 1. The summed E-state index contributed by atoms with van der Waals surface area (Å²) in [4.78, 5) is 47.6. The molecule has 1 atom stereocenters. The van der Waals surface area contributed by atoms with Crippen molar-refractivity contribution in [3.63, 3.8) is 0 Å². The zero-order valence-electron chi connectivity index (χ0n) is 12.8. The number of anilines is 1. The van der Waals surface area contributed by atoms with Crippen LogP contribution in [0.1, 0.15) is 17.5 Å². The van der Waals surface area contributed by atoms with Crippen LogP contribution in [-0.2, 0) is 31.1 Å². The predicted octanol–water partition coefficient (Wildman–Crippen LogP) is 0.470. The highest BCUT2D eigenvalue weighted by Gasteiger charge is 2.58. The molecule has 0 radical (unpaired) electrons. The van der Waals surface area contributed by atoms with Crippen LogP contribution in [0.3, 0.4) is 0 Å². The number of hydrogen-bond donors (Lipinski definition) is 2. The Hall–Kier alpha value is -3.10. The van der Waals surface area contributed by atoms with E-state index in [1.54, 1.807) is 18.2 Å². The van der Waals surface area contributed by atoms with Crippen molar-refractivity contribution in [3.8, 4) is 0 Å². The highest BCUT2D eigenvalue weighted by atomic mass is 16.6. The number of rotatable bonds is 3. The smallest absolute Gasteiger partial charge is 0.418 e. The Morgan fingerprint density at radius 1 is 1.42 bits per heavy atom. The second-order valence-electron chi connectivity index (χ2n) is 5.54. The molecule has 0 saturated carbocycles. The fraction of sp³-hybridized carbons (Fsp3) is 0.333. The molecule has 4 amide bonds. The molecule has 9 heteroatoms. The summed E-state index contributed by atoms with van der Waals surface area (Å²) in [5, 5.41) is 2.53. The number of aryl methyl sites for hydroxylation is 1. The lowest BCUT2D eigenvalue weighted by Crippen LogP contribution is -2.41. The third-order valence-corrected chi connectivity index (χ3v) is 4.11. The quantitative estimate of drug-likeness (QED) is 0.827. The maximum absolute atomic E-state index is 12.6. The van der Waals surface area contributed by atoms with Gasteiger partial charge in [0.25, 0.3) is 5.91 Å². The molecule has 1 saturated heterocycles. The summed E-state index contributed by atoms with van der Waals surface area (Å²) in [6, 6.07) is 4.89. The van der Waals surface area contributed by atoms with Gasteiger partial charge >= 0.3 is 12.2 Å². The number of imide groups is 1. The zero-order valence-corrected chi connectivity index (χ0v) is 12.8. The van der Waals surface area contributed by atoms with Crippen molar-refractivity contribution in [2.45, 2.75) is 18.4 Å². The first-order valence-electron chi connectivity index (χ1n) is 7.19. The van der Waals surface area contributed by atoms with Crippen molar-refractivity contribution in [3.05, 3.63) is 29.3 Å². The van der Waals surface area contributed by atoms with Gasteiger partial charge in [0.2, 0.25) is 11.5 Å². The van der Waals surface area contributed by atoms with Crippen LogP contribution >= 0.6 is 0 Å². The molecule has 1 spiro atoms. The number of hydrogen-bond acceptors (Lipinski definition) is 6.